The molecule has 7 heteroatoms. The topological polar surface area (TPSA) is 75.9 Å². The van der Waals surface area contributed by atoms with Crippen molar-refractivity contribution in [1.82, 2.24) is 9.97 Å². The molecule has 1 atom stereocenters. The van der Waals surface area contributed by atoms with Gasteiger partial charge in [0, 0.05) is 22.5 Å². The predicted molar refractivity (Wildman–Crippen MR) is 87.7 cm³/mol. The van der Waals surface area contributed by atoms with E-state index in [1.54, 1.807) is 12.1 Å². The van der Waals surface area contributed by atoms with Crippen LogP contribution in [0.2, 0.25) is 10.0 Å². The largest absolute Gasteiger partial charge is 0.363 e. The molecule has 0 aliphatic carbocycles. The first kappa shape index (κ1) is 15.8. The molecule has 112 valence electrons. The summed E-state index contributed by atoms with van der Waals surface area (Å²) in [5.41, 5.74) is 3.48. The van der Waals surface area contributed by atoms with Crippen molar-refractivity contribution in [2.75, 3.05) is 10.7 Å². The van der Waals surface area contributed by atoms with Crippen LogP contribution < -0.4 is 16.6 Å². The molecule has 0 aliphatic heterocycles. The molecule has 21 heavy (non-hydrogen) atoms. The highest BCUT2D eigenvalue weighted by atomic mass is 35.5. The van der Waals surface area contributed by atoms with E-state index in [0.29, 0.717) is 27.5 Å². The highest BCUT2D eigenvalue weighted by Crippen LogP contribution is 2.28. The molecule has 0 bridgehead atoms. The van der Waals surface area contributed by atoms with Gasteiger partial charge < -0.3 is 10.7 Å². The molecule has 2 aromatic rings. The van der Waals surface area contributed by atoms with Gasteiger partial charge in [-0.25, -0.2) is 15.8 Å². The normalized spacial score (nSPS) is 12.0. The van der Waals surface area contributed by atoms with E-state index in [4.69, 9.17) is 29.0 Å². The summed E-state index contributed by atoms with van der Waals surface area (Å²) in [6.07, 6.45) is 0.723. The van der Waals surface area contributed by atoms with Crippen LogP contribution in [0.15, 0.2) is 24.3 Å². The number of hydrazine groups is 1. The fourth-order valence-corrected chi connectivity index (χ4v) is 2.53. The van der Waals surface area contributed by atoms with Gasteiger partial charge in [-0.05, 0) is 24.6 Å². The second-order valence-electron chi connectivity index (χ2n) is 4.58. The molecule has 2 rings (SSSR count). The Labute approximate surface area is 133 Å². The van der Waals surface area contributed by atoms with Gasteiger partial charge in [0.25, 0.3) is 0 Å². The van der Waals surface area contributed by atoms with E-state index < -0.39 is 0 Å². The first-order valence-electron chi connectivity index (χ1n) is 6.59. The number of hydrogen-bond donors (Lipinski definition) is 3. The van der Waals surface area contributed by atoms with Crippen molar-refractivity contribution in [2.24, 2.45) is 5.84 Å². The Kier molecular flexibility index (Phi) is 5.22. The summed E-state index contributed by atoms with van der Waals surface area (Å²) in [7, 11) is 0. The molecule has 0 saturated carbocycles. The molecule has 1 aromatic heterocycles. The quantitative estimate of drug-likeness (QED) is 0.575. The number of hydrogen-bond acceptors (Lipinski definition) is 5. The number of aromatic nitrogens is 2. The summed E-state index contributed by atoms with van der Waals surface area (Å²) in [6, 6.07) is 7.15. The Morgan fingerprint density at radius 2 is 1.90 bits per heavy atom. The lowest BCUT2D eigenvalue weighted by atomic mass is 10.1. The summed E-state index contributed by atoms with van der Waals surface area (Å²) < 4.78 is 0. The third kappa shape index (κ3) is 3.97. The van der Waals surface area contributed by atoms with E-state index >= 15 is 0 Å². The molecule has 0 radical (unpaired) electrons. The van der Waals surface area contributed by atoms with Gasteiger partial charge in [0.15, 0.2) is 0 Å². The number of anilines is 2. The number of nitrogen functional groups attached to an aromatic ring is 1. The van der Waals surface area contributed by atoms with Crippen molar-refractivity contribution in [3.05, 3.63) is 45.7 Å². The maximum Gasteiger partial charge on any atom is 0.145 e. The number of benzene rings is 1. The molecule has 0 fully saturated rings. The first-order valence-corrected chi connectivity index (χ1v) is 7.35. The fraction of sp³-hybridized carbons (Fsp3) is 0.286. The number of halogens is 2. The van der Waals surface area contributed by atoms with Crippen LogP contribution in [0.3, 0.4) is 0 Å². The maximum atomic E-state index is 6.22. The van der Waals surface area contributed by atoms with Crippen LogP contribution in [0, 0.1) is 0 Å². The third-order valence-electron chi connectivity index (χ3n) is 3.03. The Morgan fingerprint density at radius 3 is 2.52 bits per heavy atom. The van der Waals surface area contributed by atoms with Crippen molar-refractivity contribution in [2.45, 2.75) is 26.3 Å². The van der Waals surface area contributed by atoms with E-state index in [-0.39, 0.29) is 6.04 Å². The number of nitrogens with zero attached hydrogens (tertiary/aromatic N) is 2. The zero-order valence-corrected chi connectivity index (χ0v) is 13.3. The van der Waals surface area contributed by atoms with E-state index in [1.807, 2.05) is 26.0 Å². The molecule has 0 amide bonds. The van der Waals surface area contributed by atoms with Crippen LogP contribution in [0.5, 0.6) is 0 Å². The average Bonchev–Trinajstić information content (AvgIpc) is 2.46. The van der Waals surface area contributed by atoms with Crippen LogP contribution in [0.1, 0.15) is 31.3 Å². The highest BCUT2D eigenvalue weighted by Gasteiger charge is 2.12. The smallest absolute Gasteiger partial charge is 0.145 e. The molecule has 1 unspecified atom stereocenters. The molecule has 5 nitrogen and oxygen atoms in total. The lowest BCUT2D eigenvalue weighted by Crippen LogP contribution is -2.14. The van der Waals surface area contributed by atoms with Crippen molar-refractivity contribution in [3.8, 4) is 0 Å². The van der Waals surface area contributed by atoms with Gasteiger partial charge >= 0.3 is 0 Å². The van der Waals surface area contributed by atoms with E-state index in [9.17, 15) is 0 Å². The minimum atomic E-state index is -0.0278. The van der Waals surface area contributed by atoms with Crippen molar-refractivity contribution < 1.29 is 0 Å². The van der Waals surface area contributed by atoms with Gasteiger partial charge in [-0.2, -0.15) is 0 Å². The van der Waals surface area contributed by atoms with Gasteiger partial charge in [-0.15, -0.1) is 0 Å². The van der Waals surface area contributed by atoms with Crippen LogP contribution in [0.4, 0.5) is 11.6 Å². The molecular formula is C14H17Cl2N5. The Morgan fingerprint density at radius 1 is 1.19 bits per heavy atom. The molecule has 0 spiro atoms. The van der Waals surface area contributed by atoms with Gasteiger partial charge in [0.05, 0.1) is 6.04 Å². The van der Waals surface area contributed by atoms with Crippen molar-refractivity contribution in [3.63, 3.8) is 0 Å². The zero-order chi connectivity index (χ0) is 15.4. The SMILES string of the molecule is CCc1nc(NN)cc(NC(C)c2ccc(Cl)cc2Cl)n1. The number of rotatable bonds is 5. The van der Waals surface area contributed by atoms with Crippen LogP contribution in [-0.4, -0.2) is 9.97 Å². The minimum absolute atomic E-state index is 0.0278. The van der Waals surface area contributed by atoms with Crippen molar-refractivity contribution in [1.29, 1.82) is 0 Å². The fourth-order valence-electron chi connectivity index (χ4n) is 1.96. The standard InChI is InChI=1S/C14H17Cl2N5/c1-3-12-19-13(7-14(20-12)21-17)18-8(2)10-5-4-9(15)6-11(10)16/h4-8H,3,17H2,1-2H3,(H2,18,19,20,21). The van der Waals surface area contributed by atoms with E-state index in [1.165, 1.54) is 0 Å². The predicted octanol–water partition coefficient (Wildman–Crippen LogP) is 3.80. The minimum Gasteiger partial charge on any atom is -0.363 e. The molecule has 4 N–H and O–H groups in total. The summed E-state index contributed by atoms with van der Waals surface area (Å²) in [5, 5.41) is 4.52. The average molecular weight is 326 g/mol. The summed E-state index contributed by atoms with van der Waals surface area (Å²) >= 11 is 12.1. The highest BCUT2D eigenvalue weighted by molar-refractivity contribution is 6.35. The zero-order valence-electron chi connectivity index (χ0n) is 11.8. The maximum absolute atomic E-state index is 6.22. The number of nitrogens with one attached hydrogen (secondary N) is 2. The summed E-state index contributed by atoms with van der Waals surface area (Å²) in [5.74, 6) is 7.39. The Balaban J connectivity index is 2.24. The molecular weight excluding hydrogens is 309 g/mol. The van der Waals surface area contributed by atoms with Crippen LogP contribution in [-0.2, 0) is 6.42 Å². The van der Waals surface area contributed by atoms with Crippen LogP contribution in [0.25, 0.3) is 0 Å². The second kappa shape index (κ2) is 6.93. The molecule has 1 heterocycles. The van der Waals surface area contributed by atoms with E-state index in [0.717, 1.165) is 12.0 Å². The molecule has 1 aromatic carbocycles. The van der Waals surface area contributed by atoms with Gasteiger partial charge in [0.2, 0.25) is 0 Å². The van der Waals surface area contributed by atoms with Gasteiger partial charge in [0.1, 0.15) is 17.5 Å². The van der Waals surface area contributed by atoms with E-state index in [2.05, 4.69) is 20.7 Å². The first-order chi connectivity index (χ1) is 10.0. The van der Waals surface area contributed by atoms with Crippen LogP contribution >= 0.6 is 23.2 Å². The lowest BCUT2D eigenvalue weighted by Gasteiger charge is -2.17. The monoisotopic (exact) mass is 325 g/mol. The summed E-state index contributed by atoms with van der Waals surface area (Å²) in [4.78, 5) is 8.67. The van der Waals surface area contributed by atoms with Gasteiger partial charge in [-0.3, -0.25) is 0 Å². The Bertz CT molecular complexity index is 611. The number of aryl methyl sites for hydroxylation is 1. The molecule has 0 saturated heterocycles. The van der Waals surface area contributed by atoms with Crippen molar-refractivity contribution >= 4 is 34.8 Å². The second-order valence-corrected chi connectivity index (χ2v) is 5.43. The lowest BCUT2D eigenvalue weighted by molar-refractivity contribution is 0.857. The van der Waals surface area contributed by atoms with Gasteiger partial charge in [-0.1, -0.05) is 36.2 Å². The number of nitrogens with two attached hydrogens (primary N) is 1. The molecule has 0 aliphatic rings. The Hall–Kier alpha value is -1.56. The third-order valence-corrected chi connectivity index (χ3v) is 3.59. The summed E-state index contributed by atoms with van der Waals surface area (Å²) in [6.45, 7) is 3.98.